The molecule has 3 heterocycles. The maximum atomic E-state index is 12.8. The number of aromatic nitrogens is 5. The predicted octanol–water partition coefficient (Wildman–Crippen LogP) is 5.58. The van der Waals surface area contributed by atoms with Crippen LogP contribution in [-0.2, 0) is 5.75 Å². The molecule has 1 N–H and O–H groups in total. The zero-order valence-corrected chi connectivity index (χ0v) is 21.9. The van der Waals surface area contributed by atoms with Crippen LogP contribution in [-0.4, -0.2) is 37.7 Å². The molecular formula is C27H24N6O2S2. The summed E-state index contributed by atoms with van der Waals surface area (Å²) in [4.78, 5) is 21.6. The lowest BCUT2D eigenvalue weighted by molar-refractivity contribution is 0.0935. The van der Waals surface area contributed by atoms with E-state index in [4.69, 9.17) is 4.74 Å². The summed E-state index contributed by atoms with van der Waals surface area (Å²) >= 11 is 2.94. The second-order valence-corrected chi connectivity index (χ2v) is 9.96. The SMILES string of the molecule is COc1ccccc1-n1c(SCc2nc(C(=O)NC(C)c3ccccc3)cs2)nnc1-c1cccnc1. The van der Waals surface area contributed by atoms with Crippen LogP contribution in [0.5, 0.6) is 5.75 Å². The number of hydrogen-bond acceptors (Lipinski definition) is 8. The molecule has 2 aromatic carbocycles. The van der Waals surface area contributed by atoms with Gasteiger partial charge in [0, 0.05) is 23.3 Å². The van der Waals surface area contributed by atoms with Gasteiger partial charge in [-0.3, -0.25) is 14.3 Å². The number of ether oxygens (including phenoxy) is 1. The van der Waals surface area contributed by atoms with Gasteiger partial charge in [0.05, 0.1) is 24.6 Å². The molecule has 3 aromatic heterocycles. The Morgan fingerprint density at radius 1 is 1.08 bits per heavy atom. The van der Waals surface area contributed by atoms with Crippen LogP contribution in [0.2, 0.25) is 0 Å². The Hall–Kier alpha value is -4.02. The van der Waals surface area contributed by atoms with Crippen molar-refractivity contribution >= 4 is 29.0 Å². The van der Waals surface area contributed by atoms with Crippen molar-refractivity contribution < 1.29 is 9.53 Å². The van der Waals surface area contributed by atoms with Gasteiger partial charge in [0.1, 0.15) is 16.5 Å². The van der Waals surface area contributed by atoms with Crippen LogP contribution in [0, 0.1) is 0 Å². The van der Waals surface area contributed by atoms with E-state index in [-0.39, 0.29) is 11.9 Å². The van der Waals surface area contributed by atoms with Crippen molar-refractivity contribution in [2.75, 3.05) is 7.11 Å². The highest BCUT2D eigenvalue weighted by Gasteiger charge is 2.20. The summed E-state index contributed by atoms with van der Waals surface area (Å²) in [6.45, 7) is 1.96. The first-order valence-electron chi connectivity index (χ1n) is 11.6. The fourth-order valence-electron chi connectivity index (χ4n) is 3.78. The highest BCUT2D eigenvalue weighted by Crippen LogP contribution is 2.33. The van der Waals surface area contributed by atoms with E-state index in [0.29, 0.717) is 28.2 Å². The number of nitrogens with zero attached hydrogens (tertiary/aromatic N) is 5. The zero-order chi connectivity index (χ0) is 25.6. The molecule has 0 saturated carbocycles. The van der Waals surface area contributed by atoms with Crippen LogP contribution < -0.4 is 10.1 Å². The minimum Gasteiger partial charge on any atom is -0.495 e. The maximum absolute atomic E-state index is 12.8. The van der Waals surface area contributed by atoms with Crippen molar-refractivity contribution in [3.63, 3.8) is 0 Å². The van der Waals surface area contributed by atoms with Gasteiger partial charge in [-0.2, -0.15) is 0 Å². The largest absolute Gasteiger partial charge is 0.495 e. The number of methoxy groups -OCH3 is 1. The summed E-state index contributed by atoms with van der Waals surface area (Å²) in [5, 5.41) is 15.2. The Labute approximate surface area is 222 Å². The first-order valence-corrected chi connectivity index (χ1v) is 13.4. The van der Waals surface area contributed by atoms with Gasteiger partial charge in [0.2, 0.25) is 0 Å². The zero-order valence-electron chi connectivity index (χ0n) is 20.2. The molecule has 0 radical (unpaired) electrons. The number of amides is 1. The molecule has 0 aliphatic carbocycles. The fraction of sp³-hybridized carbons (Fsp3) is 0.148. The highest BCUT2D eigenvalue weighted by molar-refractivity contribution is 7.98. The number of carbonyl (C=O) groups excluding carboxylic acids is 1. The lowest BCUT2D eigenvalue weighted by atomic mass is 10.1. The first-order chi connectivity index (χ1) is 18.1. The summed E-state index contributed by atoms with van der Waals surface area (Å²) < 4.78 is 7.58. The van der Waals surface area contributed by atoms with Crippen LogP contribution >= 0.6 is 23.1 Å². The lowest BCUT2D eigenvalue weighted by Gasteiger charge is -2.13. The topological polar surface area (TPSA) is 94.8 Å². The molecule has 10 heteroatoms. The Morgan fingerprint density at radius 2 is 1.89 bits per heavy atom. The van der Waals surface area contributed by atoms with Crippen molar-refractivity contribution in [3.8, 4) is 22.8 Å². The van der Waals surface area contributed by atoms with E-state index in [9.17, 15) is 4.79 Å². The molecular weight excluding hydrogens is 504 g/mol. The van der Waals surface area contributed by atoms with Gasteiger partial charge in [-0.25, -0.2) is 4.98 Å². The second kappa shape index (κ2) is 11.4. The second-order valence-electron chi connectivity index (χ2n) is 8.08. The van der Waals surface area contributed by atoms with Crippen LogP contribution in [0.3, 0.4) is 0 Å². The molecule has 1 atom stereocenters. The molecule has 37 heavy (non-hydrogen) atoms. The van der Waals surface area contributed by atoms with Crippen molar-refractivity contribution in [2.45, 2.75) is 23.9 Å². The average Bonchev–Trinajstić information content (AvgIpc) is 3.60. The Kier molecular flexibility index (Phi) is 7.57. The van der Waals surface area contributed by atoms with Gasteiger partial charge in [-0.05, 0) is 36.8 Å². The summed E-state index contributed by atoms with van der Waals surface area (Å²) in [5.74, 6) is 1.70. The van der Waals surface area contributed by atoms with Crippen molar-refractivity contribution in [3.05, 3.63) is 101 Å². The highest BCUT2D eigenvalue weighted by atomic mass is 32.2. The lowest BCUT2D eigenvalue weighted by Crippen LogP contribution is -2.26. The normalized spacial score (nSPS) is 11.7. The molecule has 0 spiro atoms. The molecule has 0 saturated heterocycles. The third-order valence-corrected chi connectivity index (χ3v) is 7.61. The molecule has 1 unspecified atom stereocenters. The first kappa shape index (κ1) is 24.7. The van der Waals surface area contributed by atoms with Gasteiger partial charge >= 0.3 is 0 Å². The van der Waals surface area contributed by atoms with E-state index in [1.165, 1.54) is 23.1 Å². The van der Waals surface area contributed by atoms with Gasteiger partial charge in [-0.15, -0.1) is 21.5 Å². The number of thiazole rings is 1. The quantitative estimate of drug-likeness (QED) is 0.250. The van der Waals surface area contributed by atoms with Crippen molar-refractivity contribution in [1.29, 1.82) is 0 Å². The average molecular weight is 529 g/mol. The van der Waals surface area contributed by atoms with Crippen LogP contribution in [0.15, 0.2) is 89.7 Å². The predicted molar refractivity (Wildman–Crippen MR) is 145 cm³/mol. The number of nitrogens with one attached hydrogen (secondary N) is 1. The third-order valence-electron chi connectivity index (χ3n) is 5.64. The van der Waals surface area contributed by atoms with Gasteiger partial charge in [-0.1, -0.05) is 54.2 Å². The smallest absolute Gasteiger partial charge is 0.271 e. The monoisotopic (exact) mass is 528 g/mol. The minimum atomic E-state index is -0.195. The number of hydrogen-bond donors (Lipinski definition) is 1. The molecule has 8 nitrogen and oxygen atoms in total. The Bertz CT molecular complexity index is 1490. The van der Waals surface area contributed by atoms with E-state index in [1.807, 2.05) is 78.2 Å². The summed E-state index contributed by atoms with van der Waals surface area (Å²) in [6, 6.07) is 21.3. The van der Waals surface area contributed by atoms with Gasteiger partial charge in [0.25, 0.3) is 5.91 Å². The number of benzene rings is 2. The Balaban J connectivity index is 1.36. The fourth-order valence-corrected chi connectivity index (χ4v) is 5.52. The molecule has 1 amide bonds. The van der Waals surface area contributed by atoms with E-state index >= 15 is 0 Å². The van der Waals surface area contributed by atoms with E-state index in [1.54, 1.807) is 24.9 Å². The van der Waals surface area contributed by atoms with E-state index in [2.05, 4.69) is 25.5 Å². The summed E-state index contributed by atoms with van der Waals surface area (Å²) in [5.41, 5.74) is 3.12. The molecule has 5 rings (SSSR count). The number of pyridine rings is 1. The van der Waals surface area contributed by atoms with Gasteiger partial charge in [0.15, 0.2) is 11.0 Å². The van der Waals surface area contributed by atoms with Crippen LogP contribution in [0.25, 0.3) is 17.1 Å². The molecule has 0 fully saturated rings. The summed E-state index contributed by atoms with van der Waals surface area (Å²) in [7, 11) is 1.64. The standard InChI is InChI=1S/C27H24N6O2S2/c1-18(19-9-4-3-5-10-19)29-26(34)21-16-36-24(30-21)17-37-27-32-31-25(20-11-8-14-28-15-20)33(27)22-12-6-7-13-23(22)35-2/h3-16,18H,17H2,1-2H3,(H,29,34). The number of thioether (sulfide) groups is 1. The van der Waals surface area contributed by atoms with Crippen LogP contribution in [0.4, 0.5) is 0 Å². The van der Waals surface area contributed by atoms with Crippen LogP contribution in [0.1, 0.15) is 34.0 Å². The minimum absolute atomic E-state index is 0.112. The molecule has 0 aliphatic rings. The van der Waals surface area contributed by atoms with Crippen molar-refractivity contribution in [1.82, 2.24) is 30.0 Å². The van der Waals surface area contributed by atoms with Gasteiger partial charge < -0.3 is 10.1 Å². The van der Waals surface area contributed by atoms with E-state index in [0.717, 1.165) is 21.8 Å². The number of para-hydroxylation sites is 2. The molecule has 5 aromatic rings. The van der Waals surface area contributed by atoms with Crippen molar-refractivity contribution in [2.24, 2.45) is 0 Å². The molecule has 0 aliphatic heterocycles. The maximum Gasteiger partial charge on any atom is 0.271 e. The molecule has 186 valence electrons. The van der Waals surface area contributed by atoms with E-state index < -0.39 is 0 Å². The number of carbonyl (C=O) groups is 1. The molecule has 0 bridgehead atoms. The third kappa shape index (κ3) is 5.55. The Morgan fingerprint density at radius 3 is 2.68 bits per heavy atom. The summed E-state index contributed by atoms with van der Waals surface area (Å²) in [6.07, 6.45) is 3.48. The number of rotatable bonds is 9.